The number of fused-ring (bicyclic) bond motifs is 1. The van der Waals surface area contributed by atoms with Crippen molar-refractivity contribution in [1.29, 1.82) is 0 Å². The van der Waals surface area contributed by atoms with E-state index < -0.39 is 15.6 Å². The molecule has 0 saturated carbocycles. The zero-order valence-electron chi connectivity index (χ0n) is 18.4. The average molecular weight is 461 g/mol. The van der Waals surface area contributed by atoms with E-state index in [9.17, 15) is 13.2 Å². The molecule has 4 heterocycles. The molecule has 2 aliphatic rings. The molecule has 0 spiro atoms. The van der Waals surface area contributed by atoms with Crippen LogP contribution in [0.5, 0.6) is 5.75 Å². The average Bonchev–Trinajstić information content (AvgIpc) is 3.15. The molecular weight excluding hydrogens is 432 g/mol. The van der Waals surface area contributed by atoms with Gasteiger partial charge in [-0.2, -0.15) is 0 Å². The summed E-state index contributed by atoms with van der Waals surface area (Å²) in [5, 5.41) is 4.93. The number of amides is 1. The lowest BCUT2D eigenvalue weighted by Crippen LogP contribution is -2.44. The van der Waals surface area contributed by atoms with Crippen molar-refractivity contribution in [2.45, 2.75) is 56.8 Å². The molecule has 1 fully saturated rings. The fourth-order valence-corrected chi connectivity index (χ4v) is 4.53. The van der Waals surface area contributed by atoms with Crippen LogP contribution in [0, 0.1) is 5.92 Å². The van der Waals surface area contributed by atoms with E-state index in [1.165, 1.54) is 12.3 Å². The van der Waals surface area contributed by atoms with Crippen molar-refractivity contribution >= 4 is 16.1 Å². The highest BCUT2D eigenvalue weighted by Crippen LogP contribution is 2.36. The summed E-state index contributed by atoms with van der Waals surface area (Å²) in [5.74, 6) is 1.11. The number of rotatable bonds is 3. The molecule has 9 nitrogen and oxygen atoms in total. The van der Waals surface area contributed by atoms with Gasteiger partial charge < -0.3 is 14.4 Å². The first-order valence-corrected chi connectivity index (χ1v) is 12.2. The molecule has 1 atom stereocenters. The van der Waals surface area contributed by atoms with Crippen LogP contribution >= 0.6 is 0 Å². The minimum absolute atomic E-state index is 0.0470. The molecule has 172 valence electrons. The molecule has 0 bridgehead atoms. The Labute approximate surface area is 188 Å². The fraction of sp³-hybridized carbons (Fsp3) is 0.500. The van der Waals surface area contributed by atoms with Gasteiger partial charge in [-0.25, -0.2) is 23.3 Å². The largest absolute Gasteiger partial charge is 0.488 e. The smallest absolute Gasteiger partial charge is 0.410 e. The minimum Gasteiger partial charge on any atom is -0.488 e. The SMILES string of the molecule is CC(C)(C)OC(=O)N1CCC(C2Cc3cc(-c4ccc(S(N)(=O)=O)nc4)ncc3O2)CC1. The molecule has 2 aromatic heterocycles. The number of aromatic nitrogens is 2. The van der Waals surface area contributed by atoms with Crippen LogP contribution in [0.3, 0.4) is 0 Å². The summed E-state index contributed by atoms with van der Waals surface area (Å²) in [5.41, 5.74) is 1.96. The number of sulfonamides is 1. The Morgan fingerprint density at radius 1 is 1.19 bits per heavy atom. The van der Waals surface area contributed by atoms with Gasteiger partial charge in [0.15, 0.2) is 5.03 Å². The topological polar surface area (TPSA) is 125 Å². The zero-order valence-corrected chi connectivity index (χ0v) is 19.3. The van der Waals surface area contributed by atoms with Gasteiger partial charge in [0.25, 0.3) is 10.0 Å². The summed E-state index contributed by atoms with van der Waals surface area (Å²) in [4.78, 5) is 22.4. The normalized spacial score (nSPS) is 19.4. The first-order valence-electron chi connectivity index (χ1n) is 10.6. The van der Waals surface area contributed by atoms with Gasteiger partial charge in [0.2, 0.25) is 0 Å². The van der Waals surface area contributed by atoms with Gasteiger partial charge in [-0.05, 0) is 57.7 Å². The number of likely N-dealkylation sites (tertiary alicyclic amines) is 1. The van der Waals surface area contributed by atoms with Crippen LogP contribution in [0.15, 0.2) is 35.6 Å². The van der Waals surface area contributed by atoms with Gasteiger partial charge in [-0.1, -0.05) is 0 Å². The zero-order chi connectivity index (χ0) is 23.1. The van der Waals surface area contributed by atoms with Crippen molar-refractivity contribution in [2.75, 3.05) is 13.1 Å². The minimum atomic E-state index is -3.83. The van der Waals surface area contributed by atoms with E-state index in [1.807, 2.05) is 26.8 Å². The van der Waals surface area contributed by atoms with Crippen molar-refractivity contribution in [2.24, 2.45) is 11.1 Å². The van der Waals surface area contributed by atoms with E-state index in [-0.39, 0.29) is 17.2 Å². The molecule has 2 aromatic rings. The third kappa shape index (κ3) is 5.02. The molecule has 1 amide bonds. The molecule has 32 heavy (non-hydrogen) atoms. The molecule has 2 aliphatic heterocycles. The maximum atomic E-state index is 12.3. The highest BCUT2D eigenvalue weighted by Gasteiger charge is 2.35. The lowest BCUT2D eigenvalue weighted by atomic mass is 9.89. The number of nitrogens with two attached hydrogens (primary N) is 1. The van der Waals surface area contributed by atoms with Crippen LogP contribution in [0.25, 0.3) is 11.3 Å². The Morgan fingerprint density at radius 2 is 1.91 bits per heavy atom. The molecule has 1 unspecified atom stereocenters. The maximum Gasteiger partial charge on any atom is 0.410 e. The predicted molar refractivity (Wildman–Crippen MR) is 117 cm³/mol. The second-order valence-electron chi connectivity index (χ2n) is 9.27. The van der Waals surface area contributed by atoms with Gasteiger partial charge in [0, 0.05) is 36.8 Å². The lowest BCUT2D eigenvalue weighted by Gasteiger charge is -2.35. The molecule has 1 saturated heterocycles. The summed E-state index contributed by atoms with van der Waals surface area (Å²) < 4.78 is 34.4. The molecular formula is C22H28N4O5S. The standard InChI is InChI=1S/C22H28N4O5S/c1-22(2,3)31-21(27)26-8-6-14(7-9-26)18-11-16-10-17(24-13-19(16)30-18)15-4-5-20(25-12-15)32(23,28)29/h4-5,10,12-14,18H,6-9,11H2,1-3H3,(H2,23,28,29). The van der Waals surface area contributed by atoms with E-state index in [1.54, 1.807) is 17.2 Å². The van der Waals surface area contributed by atoms with Crippen molar-refractivity contribution in [1.82, 2.24) is 14.9 Å². The first kappa shape index (κ1) is 22.5. The Kier molecular flexibility index (Phi) is 5.85. The van der Waals surface area contributed by atoms with Crippen molar-refractivity contribution in [3.8, 4) is 17.0 Å². The summed E-state index contributed by atoms with van der Waals surface area (Å²) >= 11 is 0. The number of hydrogen-bond acceptors (Lipinski definition) is 7. The van der Waals surface area contributed by atoms with Gasteiger partial charge in [0.1, 0.15) is 17.5 Å². The molecule has 0 aliphatic carbocycles. The van der Waals surface area contributed by atoms with Crippen LogP contribution in [-0.4, -0.2) is 54.2 Å². The van der Waals surface area contributed by atoms with Crippen LogP contribution in [0.1, 0.15) is 39.2 Å². The van der Waals surface area contributed by atoms with E-state index >= 15 is 0 Å². The number of ether oxygens (including phenoxy) is 2. The predicted octanol–water partition coefficient (Wildman–Crippen LogP) is 2.74. The Balaban J connectivity index is 1.38. The highest BCUT2D eigenvalue weighted by molar-refractivity contribution is 7.89. The number of piperidine rings is 1. The maximum absolute atomic E-state index is 12.3. The van der Waals surface area contributed by atoms with Gasteiger partial charge in [0.05, 0.1) is 11.9 Å². The van der Waals surface area contributed by atoms with Gasteiger partial charge in [-0.3, -0.25) is 4.98 Å². The van der Waals surface area contributed by atoms with Crippen molar-refractivity contribution in [3.05, 3.63) is 36.2 Å². The Hall–Kier alpha value is -2.72. The van der Waals surface area contributed by atoms with Crippen LogP contribution in [0.4, 0.5) is 4.79 Å². The summed E-state index contributed by atoms with van der Waals surface area (Å²) in [6.45, 7) is 6.92. The Bertz CT molecular complexity index is 1100. The highest BCUT2D eigenvalue weighted by atomic mass is 32.2. The number of carbonyl (C=O) groups excluding carboxylic acids is 1. The second kappa shape index (κ2) is 8.32. The number of pyridine rings is 2. The van der Waals surface area contributed by atoms with Gasteiger partial charge >= 0.3 is 6.09 Å². The lowest BCUT2D eigenvalue weighted by molar-refractivity contribution is 0.0123. The quantitative estimate of drug-likeness (QED) is 0.746. The first-order chi connectivity index (χ1) is 15.0. The van der Waals surface area contributed by atoms with Crippen molar-refractivity contribution < 1.29 is 22.7 Å². The molecule has 10 heteroatoms. The van der Waals surface area contributed by atoms with E-state index in [4.69, 9.17) is 14.6 Å². The molecule has 2 N–H and O–H groups in total. The van der Waals surface area contributed by atoms with E-state index in [0.29, 0.717) is 30.3 Å². The molecule has 4 rings (SSSR count). The fourth-order valence-electron chi connectivity index (χ4n) is 4.07. The van der Waals surface area contributed by atoms with Crippen LogP contribution in [-0.2, 0) is 21.2 Å². The molecule has 0 radical (unpaired) electrons. The summed E-state index contributed by atoms with van der Waals surface area (Å²) in [7, 11) is -3.83. The third-order valence-corrected chi connectivity index (χ3v) is 6.51. The monoisotopic (exact) mass is 460 g/mol. The van der Waals surface area contributed by atoms with Gasteiger partial charge in [-0.15, -0.1) is 0 Å². The second-order valence-corrected chi connectivity index (χ2v) is 10.8. The number of nitrogens with zero attached hydrogens (tertiary/aromatic N) is 3. The van der Waals surface area contributed by atoms with E-state index in [2.05, 4.69) is 9.97 Å². The third-order valence-electron chi connectivity index (χ3n) is 5.69. The number of hydrogen-bond donors (Lipinski definition) is 1. The summed E-state index contributed by atoms with van der Waals surface area (Å²) in [6.07, 6.45) is 5.43. The van der Waals surface area contributed by atoms with Crippen molar-refractivity contribution in [3.63, 3.8) is 0 Å². The summed E-state index contributed by atoms with van der Waals surface area (Å²) in [6, 6.07) is 4.97. The van der Waals surface area contributed by atoms with Crippen LogP contribution < -0.4 is 9.88 Å². The van der Waals surface area contributed by atoms with Crippen LogP contribution in [0.2, 0.25) is 0 Å². The Morgan fingerprint density at radius 3 is 2.50 bits per heavy atom. The van der Waals surface area contributed by atoms with E-state index in [0.717, 1.165) is 30.6 Å². The molecule has 0 aromatic carbocycles. The number of carbonyl (C=O) groups is 1. The number of primary sulfonamides is 1.